The average molecular weight is 421 g/mol. The highest BCUT2D eigenvalue weighted by molar-refractivity contribution is 5.80. The van der Waals surface area contributed by atoms with Gasteiger partial charge in [0.2, 0.25) is 0 Å². The smallest absolute Gasteiger partial charge is 0.178 e. The molecule has 0 saturated heterocycles. The zero-order chi connectivity index (χ0) is 22.8. The molecule has 8 heteroatoms. The number of nitrogens with two attached hydrogens (primary N) is 1. The molecule has 0 aliphatic carbocycles. The second-order valence-electron chi connectivity index (χ2n) is 6.02. The molecule has 0 bridgehead atoms. The van der Waals surface area contributed by atoms with Crippen molar-refractivity contribution in [1.29, 1.82) is 0 Å². The lowest BCUT2D eigenvalue weighted by atomic mass is 10.1. The lowest BCUT2D eigenvalue weighted by Crippen LogP contribution is -2.00. The number of methoxy groups -OCH3 is 1. The Morgan fingerprint density at radius 3 is 2.39 bits per heavy atom. The molecule has 0 spiro atoms. The molecule has 3 heterocycles. The SMILES string of the molecule is CC.CN.COc1ccc(Nc2cc(-c3ccc(C=O)cc3)cn3ncnc23)nc1C. The van der Waals surface area contributed by atoms with E-state index in [1.54, 1.807) is 23.8 Å². The summed E-state index contributed by atoms with van der Waals surface area (Å²) in [6.45, 7) is 5.89. The number of nitrogens with zero attached hydrogens (tertiary/aromatic N) is 4. The van der Waals surface area contributed by atoms with Gasteiger partial charge < -0.3 is 15.8 Å². The first-order valence-electron chi connectivity index (χ1n) is 9.93. The zero-order valence-electron chi connectivity index (χ0n) is 18.5. The number of nitrogens with one attached hydrogen (secondary N) is 1. The third-order valence-electron chi connectivity index (χ3n) is 4.28. The number of pyridine rings is 2. The van der Waals surface area contributed by atoms with Crippen LogP contribution in [0.25, 0.3) is 16.8 Å². The van der Waals surface area contributed by atoms with Crippen LogP contribution in [0.1, 0.15) is 29.9 Å². The summed E-state index contributed by atoms with van der Waals surface area (Å²) in [4.78, 5) is 19.7. The Morgan fingerprint density at radius 1 is 1.06 bits per heavy atom. The van der Waals surface area contributed by atoms with E-state index in [0.29, 0.717) is 17.0 Å². The Morgan fingerprint density at radius 2 is 1.77 bits per heavy atom. The average Bonchev–Trinajstić information content (AvgIpc) is 3.31. The van der Waals surface area contributed by atoms with Crippen LogP contribution in [-0.4, -0.2) is 40.0 Å². The van der Waals surface area contributed by atoms with E-state index in [4.69, 9.17) is 4.74 Å². The topological polar surface area (TPSA) is 107 Å². The lowest BCUT2D eigenvalue weighted by Gasteiger charge is -2.11. The number of rotatable bonds is 5. The number of anilines is 2. The van der Waals surface area contributed by atoms with Crippen molar-refractivity contribution in [2.24, 2.45) is 5.73 Å². The van der Waals surface area contributed by atoms with Crippen LogP contribution >= 0.6 is 0 Å². The number of carbonyl (C=O) groups excluding carboxylic acids is 1. The van der Waals surface area contributed by atoms with Crippen LogP contribution in [-0.2, 0) is 0 Å². The monoisotopic (exact) mass is 420 g/mol. The summed E-state index contributed by atoms with van der Waals surface area (Å²) in [7, 11) is 3.12. The van der Waals surface area contributed by atoms with Gasteiger partial charge in [0.25, 0.3) is 0 Å². The number of aromatic nitrogens is 4. The van der Waals surface area contributed by atoms with E-state index in [-0.39, 0.29) is 0 Å². The first kappa shape index (κ1) is 23.5. The standard InChI is InChI=1S/C20H17N5O2.C2H6.CH5N/c1-13-18(27-2)7-8-19(23-13)24-17-9-16(10-25-20(17)21-12-22-25)15-5-3-14(11-26)4-6-15;2*1-2/h3-12H,1-2H3,(H,23,24);1-2H3;2H2,1H3. The van der Waals surface area contributed by atoms with Crippen molar-refractivity contribution in [3.8, 4) is 16.9 Å². The molecule has 0 saturated carbocycles. The summed E-state index contributed by atoms with van der Waals surface area (Å²) in [5.41, 5.74) is 9.32. The normalized spacial score (nSPS) is 9.74. The Balaban J connectivity index is 0.000000807. The molecule has 0 amide bonds. The van der Waals surface area contributed by atoms with Crippen LogP contribution in [0.5, 0.6) is 5.75 Å². The summed E-state index contributed by atoms with van der Waals surface area (Å²) in [6.07, 6.45) is 4.23. The number of aryl methyl sites for hydroxylation is 1. The number of aldehydes is 1. The van der Waals surface area contributed by atoms with E-state index in [1.807, 2.05) is 57.3 Å². The molecule has 3 aromatic heterocycles. The van der Waals surface area contributed by atoms with Crippen molar-refractivity contribution in [3.63, 3.8) is 0 Å². The molecule has 0 aliphatic heterocycles. The summed E-state index contributed by atoms with van der Waals surface area (Å²) in [5.74, 6) is 1.42. The maximum atomic E-state index is 10.9. The molecule has 1 aromatic carbocycles. The van der Waals surface area contributed by atoms with Gasteiger partial charge in [0.1, 0.15) is 24.2 Å². The second-order valence-corrected chi connectivity index (χ2v) is 6.02. The van der Waals surface area contributed by atoms with E-state index >= 15 is 0 Å². The Kier molecular flexibility index (Phi) is 8.65. The summed E-state index contributed by atoms with van der Waals surface area (Å²) < 4.78 is 6.97. The van der Waals surface area contributed by atoms with Gasteiger partial charge in [-0.1, -0.05) is 38.1 Å². The highest BCUT2D eigenvalue weighted by Gasteiger charge is 2.10. The van der Waals surface area contributed by atoms with E-state index in [9.17, 15) is 4.79 Å². The number of fused-ring (bicyclic) bond motifs is 1. The number of benzene rings is 1. The predicted octanol–water partition coefficient (Wildman–Crippen LogP) is 4.27. The molecule has 4 aromatic rings. The Labute approximate surface area is 182 Å². The molecule has 162 valence electrons. The van der Waals surface area contributed by atoms with Crippen LogP contribution in [0.15, 0.2) is 55.0 Å². The van der Waals surface area contributed by atoms with Crippen LogP contribution in [0.4, 0.5) is 11.5 Å². The summed E-state index contributed by atoms with van der Waals surface area (Å²) in [5, 5.41) is 7.57. The molecule has 0 unspecified atom stereocenters. The molecule has 0 radical (unpaired) electrons. The third kappa shape index (κ3) is 5.43. The minimum absolute atomic E-state index is 0.636. The van der Waals surface area contributed by atoms with Crippen molar-refractivity contribution in [3.05, 3.63) is 66.2 Å². The molecule has 0 atom stereocenters. The van der Waals surface area contributed by atoms with Gasteiger partial charge in [0.05, 0.1) is 18.5 Å². The van der Waals surface area contributed by atoms with Crippen LogP contribution in [0.3, 0.4) is 0 Å². The van der Waals surface area contributed by atoms with Crippen LogP contribution < -0.4 is 15.8 Å². The summed E-state index contributed by atoms with van der Waals surface area (Å²) >= 11 is 0. The van der Waals surface area contributed by atoms with Crippen molar-refractivity contribution >= 4 is 23.4 Å². The maximum Gasteiger partial charge on any atom is 0.178 e. The first-order chi connectivity index (χ1) is 15.2. The molecule has 0 aliphatic rings. The van der Waals surface area contributed by atoms with Crippen LogP contribution in [0.2, 0.25) is 0 Å². The van der Waals surface area contributed by atoms with Gasteiger partial charge >= 0.3 is 0 Å². The summed E-state index contributed by atoms with van der Waals surface area (Å²) in [6, 6.07) is 13.1. The fourth-order valence-corrected chi connectivity index (χ4v) is 2.90. The van der Waals surface area contributed by atoms with Gasteiger partial charge in [0.15, 0.2) is 5.65 Å². The van der Waals surface area contributed by atoms with E-state index < -0.39 is 0 Å². The fraction of sp³-hybridized carbons (Fsp3) is 0.217. The van der Waals surface area contributed by atoms with Gasteiger partial charge in [-0.15, -0.1) is 0 Å². The molecule has 8 nitrogen and oxygen atoms in total. The molecular formula is C23H28N6O2. The minimum Gasteiger partial charge on any atom is -0.495 e. The molecular weight excluding hydrogens is 392 g/mol. The second kappa shape index (κ2) is 11.4. The number of carbonyl (C=O) groups is 1. The van der Waals surface area contributed by atoms with Gasteiger partial charge in [0, 0.05) is 17.3 Å². The molecule has 3 N–H and O–H groups in total. The highest BCUT2D eigenvalue weighted by Crippen LogP contribution is 2.28. The van der Waals surface area contributed by atoms with Gasteiger partial charge in [-0.2, -0.15) is 5.10 Å². The lowest BCUT2D eigenvalue weighted by molar-refractivity contribution is 0.112. The van der Waals surface area contributed by atoms with Crippen molar-refractivity contribution in [1.82, 2.24) is 19.6 Å². The first-order valence-corrected chi connectivity index (χ1v) is 9.93. The Bertz CT molecular complexity index is 1120. The maximum absolute atomic E-state index is 10.9. The Hall–Kier alpha value is -3.78. The van der Waals surface area contributed by atoms with Gasteiger partial charge in [-0.25, -0.2) is 14.5 Å². The van der Waals surface area contributed by atoms with Crippen molar-refractivity contribution in [2.45, 2.75) is 20.8 Å². The highest BCUT2D eigenvalue weighted by atomic mass is 16.5. The van der Waals surface area contributed by atoms with E-state index in [1.165, 1.54) is 13.4 Å². The number of ether oxygens (including phenoxy) is 1. The molecule has 4 rings (SSSR count). The zero-order valence-corrected chi connectivity index (χ0v) is 18.5. The largest absolute Gasteiger partial charge is 0.495 e. The third-order valence-corrected chi connectivity index (χ3v) is 4.28. The van der Waals surface area contributed by atoms with E-state index in [2.05, 4.69) is 26.1 Å². The van der Waals surface area contributed by atoms with E-state index in [0.717, 1.165) is 34.5 Å². The number of hydrogen-bond acceptors (Lipinski definition) is 7. The molecule has 31 heavy (non-hydrogen) atoms. The van der Waals surface area contributed by atoms with Crippen LogP contribution in [0, 0.1) is 6.92 Å². The van der Waals surface area contributed by atoms with Gasteiger partial charge in [-0.05, 0) is 37.7 Å². The van der Waals surface area contributed by atoms with Crippen molar-refractivity contribution in [2.75, 3.05) is 19.5 Å². The fourth-order valence-electron chi connectivity index (χ4n) is 2.90. The molecule has 0 fully saturated rings. The van der Waals surface area contributed by atoms with Gasteiger partial charge in [-0.3, -0.25) is 4.79 Å². The predicted molar refractivity (Wildman–Crippen MR) is 124 cm³/mol. The quantitative estimate of drug-likeness (QED) is 0.464. The number of hydrogen-bond donors (Lipinski definition) is 2. The van der Waals surface area contributed by atoms with Crippen molar-refractivity contribution < 1.29 is 9.53 Å². The minimum atomic E-state index is 0.636.